The molecule has 1 N–H and O–H groups in total. The van der Waals surface area contributed by atoms with Crippen LogP contribution < -0.4 is 5.32 Å². The lowest BCUT2D eigenvalue weighted by Crippen LogP contribution is -2.60. The summed E-state index contributed by atoms with van der Waals surface area (Å²) in [7, 11) is -2.36. The number of anilines is 1. The van der Waals surface area contributed by atoms with Crippen molar-refractivity contribution in [3.05, 3.63) is 74.9 Å². The van der Waals surface area contributed by atoms with Gasteiger partial charge in [-0.1, -0.05) is 34.9 Å². The number of likely N-dealkylation sites (tertiary alicyclic amines) is 1. The molecule has 52 heavy (non-hydrogen) atoms. The fourth-order valence-electron chi connectivity index (χ4n) is 7.54. The van der Waals surface area contributed by atoms with Crippen molar-refractivity contribution < 1.29 is 36.7 Å². The van der Waals surface area contributed by atoms with Crippen LogP contribution in [0.15, 0.2) is 47.6 Å². The maximum atomic E-state index is 15.6. The number of nitrogens with one attached hydrogen (secondary N) is 1. The number of methoxy groups -OCH3 is 1. The highest BCUT2D eigenvalue weighted by atomic mass is 35.5. The van der Waals surface area contributed by atoms with Crippen LogP contribution in [0, 0.1) is 5.82 Å². The van der Waals surface area contributed by atoms with Crippen LogP contribution in [0.5, 0.6) is 0 Å². The highest BCUT2D eigenvalue weighted by Crippen LogP contribution is 2.42. The summed E-state index contributed by atoms with van der Waals surface area (Å²) in [6.07, 6.45) is 0.516. The summed E-state index contributed by atoms with van der Waals surface area (Å²) >= 11 is 6.18. The predicted octanol–water partition coefficient (Wildman–Crippen LogP) is 6.24. The first kappa shape index (κ1) is 39.1. The number of carbonyl (C=O) groups excluding carboxylic acids is 3. The highest BCUT2D eigenvalue weighted by Gasteiger charge is 2.48. The number of azide groups is 1. The van der Waals surface area contributed by atoms with Crippen LogP contribution in [0.3, 0.4) is 0 Å². The lowest BCUT2D eigenvalue weighted by Gasteiger charge is -2.44. The van der Waals surface area contributed by atoms with Crippen LogP contribution in [0.2, 0.25) is 5.02 Å². The van der Waals surface area contributed by atoms with Gasteiger partial charge in [-0.05, 0) is 94.7 Å². The van der Waals surface area contributed by atoms with E-state index in [4.69, 9.17) is 21.1 Å². The molecule has 5 rings (SSSR count). The van der Waals surface area contributed by atoms with Crippen molar-refractivity contribution >= 4 is 45.4 Å². The van der Waals surface area contributed by atoms with Gasteiger partial charge in [0.05, 0.1) is 12.9 Å². The van der Waals surface area contributed by atoms with E-state index in [1.807, 2.05) is 0 Å². The molecule has 3 aliphatic rings. The number of benzene rings is 2. The second-order valence-corrected chi connectivity index (χ2v) is 17.0. The second-order valence-electron chi connectivity index (χ2n) is 14.5. The average molecular weight is 762 g/mol. The van der Waals surface area contributed by atoms with E-state index in [1.165, 1.54) is 34.5 Å². The van der Waals surface area contributed by atoms with Gasteiger partial charge >= 0.3 is 12.2 Å². The third-order valence-corrected chi connectivity index (χ3v) is 12.3. The van der Waals surface area contributed by atoms with Crippen molar-refractivity contribution in [2.45, 2.75) is 88.4 Å². The highest BCUT2D eigenvalue weighted by molar-refractivity contribution is 7.89. The zero-order valence-electron chi connectivity index (χ0n) is 29.8. The number of hydrogen-bond donors (Lipinski definition) is 1. The summed E-state index contributed by atoms with van der Waals surface area (Å²) in [5, 5.41) is 7.24. The number of hydrogen-bond acceptors (Lipinski definition) is 8. The van der Waals surface area contributed by atoms with Gasteiger partial charge in [0.1, 0.15) is 17.5 Å². The number of halogens is 2. The molecule has 3 aliphatic heterocycles. The first-order valence-corrected chi connectivity index (χ1v) is 19.3. The van der Waals surface area contributed by atoms with E-state index >= 15 is 4.39 Å². The molecule has 3 heterocycles. The summed E-state index contributed by atoms with van der Waals surface area (Å²) in [6, 6.07) is 8.74. The third kappa shape index (κ3) is 8.57. The predicted molar refractivity (Wildman–Crippen MR) is 193 cm³/mol. The number of fused-ring (bicyclic) bond motifs is 2. The van der Waals surface area contributed by atoms with Crippen molar-refractivity contribution in [3.63, 3.8) is 0 Å². The molecule has 282 valence electrons. The summed E-state index contributed by atoms with van der Waals surface area (Å²) in [5.41, 5.74) is 8.82. The van der Waals surface area contributed by atoms with E-state index in [1.54, 1.807) is 49.9 Å². The van der Waals surface area contributed by atoms with E-state index in [2.05, 4.69) is 15.3 Å². The number of carbonyl (C=O) groups is 3. The quantitative estimate of drug-likeness (QED) is 0.188. The number of sulfonamides is 1. The summed E-state index contributed by atoms with van der Waals surface area (Å²) in [5.74, 6) is -1.36. The molecule has 3 unspecified atom stereocenters. The molecule has 0 spiro atoms. The normalized spacial score (nSPS) is 23.0. The largest absolute Gasteiger partial charge is 0.453 e. The first-order valence-electron chi connectivity index (χ1n) is 17.3. The topological polar surface area (TPSA) is 174 Å². The van der Waals surface area contributed by atoms with Gasteiger partial charge in [0.25, 0.3) is 0 Å². The molecule has 0 aromatic heterocycles. The zero-order chi connectivity index (χ0) is 37.8. The van der Waals surface area contributed by atoms with Crippen molar-refractivity contribution in [1.29, 1.82) is 0 Å². The number of ether oxygens (including phenoxy) is 2. The summed E-state index contributed by atoms with van der Waals surface area (Å²) in [6.45, 7) is 5.90. The molecule has 3 fully saturated rings. The Bertz CT molecular complexity index is 1810. The Morgan fingerprint density at radius 1 is 1.12 bits per heavy atom. The maximum absolute atomic E-state index is 15.6. The summed E-state index contributed by atoms with van der Waals surface area (Å²) < 4.78 is 54.3. The van der Waals surface area contributed by atoms with Gasteiger partial charge in [0.15, 0.2) is 0 Å². The van der Waals surface area contributed by atoms with Crippen LogP contribution in [0.1, 0.15) is 64.0 Å². The summed E-state index contributed by atoms with van der Waals surface area (Å²) in [4.78, 5) is 45.9. The Hall–Kier alpha value is -4.11. The molecule has 4 atom stereocenters. The zero-order valence-corrected chi connectivity index (χ0v) is 31.3. The molecule has 2 aromatic rings. The van der Waals surface area contributed by atoms with E-state index in [0.29, 0.717) is 23.4 Å². The number of rotatable bonds is 8. The van der Waals surface area contributed by atoms with Crippen LogP contribution in [0.4, 0.5) is 19.7 Å². The van der Waals surface area contributed by atoms with Crippen LogP contribution in [0.25, 0.3) is 10.4 Å². The van der Waals surface area contributed by atoms with Gasteiger partial charge in [0, 0.05) is 64.9 Å². The second kappa shape index (κ2) is 15.9. The number of amides is 3. The molecule has 0 saturated carbocycles. The maximum Gasteiger partial charge on any atom is 0.410 e. The minimum absolute atomic E-state index is 0.0222. The Labute approximate surface area is 308 Å². The molecule has 0 aliphatic carbocycles. The Kier molecular flexibility index (Phi) is 11.9. The van der Waals surface area contributed by atoms with Crippen molar-refractivity contribution in [2.24, 2.45) is 5.11 Å². The molecule has 2 aromatic carbocycles. The SMILES string of the molecule is COC(=O)N1CCC(c2ccc(Cl)cc2)([C@H](N=[N+]=[N-])C(=O)Nc2cccc(F)c2CCC2CN(C(=O)OC(C)(C)C)C3CCCS(=O)(=O)N2C3)CC1. The fourth-order valence-corrected chi connectivity index (χ4v) is 9.45. The Morgan fingerprint density at radius 2 is 1.81 bits per heavy atom. The lowest BCUT2D eigenvalue weighted by molar-refractivity contribution is -0.119. The Balaban J connectivity index is 1.42. The standard InChI is InChI=1S/C35H45ClFN7O7S/c1-34(2,3)51-33(47)43-21-26(44-22-25(43)7-6-20-52(44,48)49)14-15-27-28(37)8-5-9-29(27)39-31(45)30(40-41-38)35(23-10-12-24(36)13-11-23)16-18-42(19-17-35)32(46)50-4/h5,8-13,25-26,30H,6-7,14-22H2,1-4H3,(H,39,45)/t25?,26?,30-/m1/s1. The number of nitrogens with zero attached hydrogens (tertiary/aromatic N) is 6. The number of piperidine rings is 1. The molecule has 3 amide bonds. The van der Waals surface area contributed by atoms with E-state index < -0.39 is 57.0 Å². The molecular formula is C35H45ClFN7O7S. The van der Waals surface area contributed by atoms with Crippen molar-refractivity contribution in [2.75, 3.05) is 44.4 Å². The van der Waals surface area contributed by atoms with Crippen molar-refractivity contribution in [3.8, 4) is 0 Å². The molecule has 14 nitrogen and oxygen atoms in total. The van der Waals surface area contributed by atoms with Crippen LogP contribution in [-0.2, 0) is 36.1 Å². The minimum Gasteiger partial charge on any atom is -0.453 e. The van der Waals surface area contributed by atoms with E-state index in [0.717, 1.165) is 0 Å². The molecule has 17 heteroatoms. The molecule has 3 saturated heterocycles. The van der Waals surface area contributed by atoms with Gasteiger partial charge in [0.2, 0.25) is 15.9 Å². The fraction of sp³-hybridized carbons (Fsp3) is 0.571. The Morgan fingerprint density at radius 3 is 2.44 bits per heavy atom. The monoisotopic (exact) mass is 761 g/mol. The molecule has 2 bridgehead atoms. The van der Waals surface area contributed by atoms with Crippen LogP contribution >= 0.6 is 11.6 Å². The van der Waals surface area contributed by atoms with Gasteiger partial charge in [-0.2, -0.15) is 4.31 Å². The van der Waals surface area contributed by atoms with Crippen LogP contribution in [-0.4, -0.2) is 103 Å². The number of piperazine rings is 1. The molecule has 0 radical (unpaired) electrons. The minimum atomic E-state index is -3.64. The van der Waals surface area contributed by atoms with Gasteiger partial charge in [-0.15, -0.1) is 0 Å². The average Bonchev–Trinajstić information content (AvgIpc) is 3.22. The van der Waals surface area contributed by atoms with Gasteiger partial charge in [-0.3, -0.25) is 4.79 Å². The van der Waals surface area contributed by atoms with Gasteiger partial charge < -0.3 is 24.6 Å². The van der Waals surface area contributed by atoms with Crippen molar-refractivity contribution in [1.82, 2.24) is 14.1 Å². The smallest absolute Gasteiger partial charge is 0.410 e. The van der Waals surface area contributed by atoms with E-state index in [9.17, 15) is 28.3 Å². The van der Waals surface area contributed by atoms with Gasteiger partial charge in [-0.25, -0.2) is 22.4 Å². The molecular weight excluding hydrogens is 717 g/mol. The lowest BCUT2D eigenvalue weighted by atomic mass is 9.67. The van der Waals surface area contributed by atoms with E-state index in [-0.39, 0.29) is 74.9 Å². The first-order chi connectivity index (χ1) is 24.6. The third-order valence-electron chi connectivity index (χ3n) is 10.1.